The molecule has 0 aliphatic carbocycles. The van der Waals surface area contributed by atoms with Gasteiger partial charge in [0.1, 0.15) is 11.9 Å². The summed E-state index contributed by atoms with van der Waals surface area (Å²) in [5, 5.41) is 3.46. The molecular weight excluding hydrogens is 426 g/mol. The highest BCUT2D eigenvalue weighted by atomic mass is 16.6. The van der Waals surface area contributed by atoms with Gasteiger partial charge in [-0.3, -0.25) is 9.78 Å². The fourth-order valence-corrected chi connectivity index (χ4v) is 4.86. The number of likely N-dealkylation sites (tertiary alicyclic amines) is 1. The van der Waals surface area contributed by atoms with Crippen LogP contribution in [-0.4, -0.2) is 47.2 Å². The van der Waals surface area contributed by atoms with Crippen LogP contribution >= 0.6 is 0 Å². The van der Waals surface area contributed by atoms with Crippen molar-refractivity contribution < 1.29 is 14.3 Å². The first-order valence-corrected chi connectivity index (χ1v) is 12.0. The van der Waals surface area contributed by atoms with Crippen LogP contribution in [0.15, 0.2) is 73.1 Å². The summed E-state index contributed by atoms with van der Waals surface area (Å²) in [6.07, 6.45) is 6.19. The molecule has 2 fully saturated rings. The summed E-state index contributed by atoms with van der Waals surface area (Å²) in [5.41, 5.74) is 3.79. The van der Waals surface area contributed by atoms with E-state index in [9.17, 15) is 4.79 Å². The van der Waals surface area contributed by atoms with Crippen LogP contribution < -0.4 is 10.1 Å². The van der Waals surface area contributed by atoms with Crippen LogP contribution in [0, 0.1) is 6.92 Å². The topological polar surface area (TPSA) is 63.7 Å². The first-order chi connectivity index (χ1) is 16.6. The number of amides is 1. The standard InChI is InChI=1S/C28H31N3O3/c1-21-7-8-23(17-26(21)30-19-22-9-13-29-14-10-22)27(32)31-15-11-28(12-16-31)18-25(20-33-28)34-24-5-3-2-4-6-24/h2-10,13-14,17,25,30H,11-12,15-16,18-20H2,1H3. The number of para-hydroxylation sites is 1. The van der Waals surface area contributed by atoms with Crippen LogP contribution in [0.25, 0.3) is 0 Å². The molecule has 1 atom stereocenters. The normalized spacial score (nSPS) is 19.2. The number of carbonyl (C=O) groups excluding carboxylic acids is 1. The molecule has 34 heavy (non-hydrogen) atoms. The molecule has 1 spiro atoms. The van der Waals surface area contributed by atoms with E-state index in [4.69, 9.17) is 9.47 Å². The summed E-state index contributed by atoms with van der Waals surface area (Å²) >= 11 is 0. The zero-order chi connectivity index (χ0) is 23.4. The van der Waals surface area contributed by atoms with Crippen LogP contribution in [-0.2, 0) is 11.3 Å². The Balaban J connectivity index is 1.17. The first kappa shape index (κ1) is 22.4. The molecule has 176 valence electrons. The van der Waals surface area contributed by atoms with Crippen molar-refractivity contribution in [3.05, 3.63) is 89.7 Å². The van der Waals surface area contributed by atoms with Gasteiger partial charge in [0, 0.05) is 49.7 Å². The number of hydrogen-bond acceptors (Lipinski definition) is 5. The van der Waals surface area contributed by atoms with E-state index in [0.717, 1.165) is 47.4 Å². The van der Waals surface area contributed by atoms with Gasteiger partial charge in [0.2, 0.25) is 0 Å². The number of aryl methyl sites for hydroxylation is 1. The Labute approximate surface area is 200 Å². The zero-order valence-corrected chi connectivity index (χ0v) is 19.6. The third-order valence-corrected chi connectivity index (χ3v) is 6.90. The Kier molecular flexibility index (Phi) is 6.50. The Bertz CT molecular complexity index is 1110. The zero-order valence-electron chi connectivity index (χ0n) is 19.6. The molecule has 1 unspecified atom stereocenters. The lowest BCUT2D eigenvalue weighted by Crippen LogP contribution is -2.46. The maximum atomic E-state index is 13.3. The van der Waals surface area contributed by atoms with E-state index in [1.807, 2.05) is 65.6 Å². The Hall–Kier alpha value is -3.38. The van der Waals surface area contributed by atoms with Gasteiger partial charge in [0.25, 0.3) is 5.91 Å². The number of hydrogen-bond donors (Lipinski definition) is 1. The molecule has 0 bridgehead atoms. The molecule has 6 heteroatoms. The number of nitrogens with one attached hydrogen (secondary N) is 1. The van der Waals surface area contributed by atoms with Crippen molar-refractivity contribution in [1.82, 2.24) is 9.88 Å². The average Bonchev–Trinajstić information content (AvgIpc) is 3.26. The van der Waals surface area contributed by atoms with Crippen molar-refractivity contribution in [3.63, 3.8) is 0 Å². The van der Waals surface area contributed by atoms with Gasteiger partial charge in [-0.1, -0.05) is 24.3 Å². The summed E-state index contributed by atoms with van der Waals surface area (Å²) in [5.74, 6) is 0.963. The summed E-state index contributed by atoms with van der Waals surface area (Å²) < 4.78 is 12.3. The van der Waals surface area contributed by atoms with Crippen molar-refractivity contribution >= 4 is 11.6 Å². The lowest BCUT2D eigenvalue weighted by molar-refractivity contribution is -0.0395. The molecule has 6 nitrogen and oxygen atoms in total. The van der Waals surface area contributed by atoms with Gasteiger partial charge in [-0.15, -0.1) is 0 Å². The first-order valence-electron chi connectivity index (χ1n) is 12.0. The summed E-state index contributed by atoms with van der Waals surface area (Å²) in [6, 6.07) is 19.8. The fraction of sp³-hybridized carbons (Fsp3) is 0.357. The molecule has 2 aliphatic rings. The van der Waals surface area contributed by atoms with Crippen molar-refractivity contribution in [1.29, 1.82) is 0 Å². The lowest BCUT2D eigenvalue weighted by Gasteiger charge is -2.38. The molecule has 3 aromatic rings. The average molecular weight is 458 g/mol. The minimum absolute atomic E-state index is 0.0655. The van der Waals surface area contributed by atoms with Crippen LogP contribution in [0.3, 0.4) is 0 Å². The van der Waals surface area contributed by atoms with Crippen molar-refractivity contribution in [2.24, 2.45) is 0 Å². The molecule has 2 saturated heterocycles. The highest BCUT2D eigenvalue weighted by Crippen LogP contribution is 2.37. The second-order valence-corrected chi connectivity index (χ2v) is 9.28. The molecule has 1 aromatic heterocycles. The maximum absolute atomic E-state index is 13.3. The van der Waals surface area contributed by atoms with Gasteiger partial charge in [-0.2, -0.15) is 0 Å². The second kappa shape index (κ2) is 9.85. The van der Waals surface area contributed by atoms with Gasteiger partial charge >= 0.3 is 0 Å². The summed E-state index contributed by atoms with van der Waals surface area (Å²) in [6.45, 7) is 4.75. The molecule has 1 amide bonds. The number of anilines is 1. The number of aromatic nitrogens is 1. The van der Waals surface area contributed by atoms with Gasteiger partial charge in [-0.25, -0.2) is 0 Å². The third kappa shape index (κ3) is 5.07. The van der Waals surface area contributed by atoms with Crippen LogP contribution in [0.1, 0.15) is 40.7 Å². The molecule has 3 heterocycles. The van der Waals surface area contributed by atoms with E-state index in [2.05, 4.69) is 17.2 Å². The van der Waals surface area contributed by atoms with Crippen molar-refractivity contribution in [2.75, 3.05) is 25.0 Å². The van der Waals surface area contributed by atoms with E-state index in [1.165, 1.54) is 0 Å². The number of rotatable bonds is 6. The van der Waals surface area contributed by atoms with E-state index in [0.29, 0.717) is 26.2 Å². The second-order valence-electron chi connectivity index (χ2n) is 9.28. The molecule has 2 aromatic carbocycles. The van der Waals surface area contributed by atoms with E-state index < -0.39 is 0 Å². The lowest BCUT2D eigenvalue weighted by atomic mass is 9.87. The van der Waals surface area contributed by atoms with Crippen molar-refractivity contribution in [3.8, 4) is 5.75 Å². The SMILES string of the molecule is Cc1ccc(C(=O)N2CCC3(CC2)CC(Oc2ccccc2)CO3)cc1NCc1ccncc1. The van der Waals surface area contributed by atoms with Crippen LogP contribution in [0.2, 0.25) is 0 Å². The van der Waals surface area contributed by atoms with Gasteiger partial charge in [0.05, 0.1) is 12.2 Å². The van der Waals surface area contributed by atoms with E-state index in [-0.39, 0.29) is 17.6 Å². The summed E-state index contributed by atoms with van der Waals surface area (Å²) in [4.78, 5) is 19.3. The summed E-state index contributed by atoms with van der Waals surface area (Å²) in [7, 11) is 0. The quantitative estimate of drug-likeness (QED) is 0.574. The Morgan fingerprint density at radius 2 is 1.88 bits per heavy atom. The molecular formula is C28H31N3O3. The number of piperidine rings is 1. The predicted molar refractivity (Wildman–Crippen MR) is 132 cm³/mol. The van der Waals surface area contributed by atoms with Gasteiger partial charge in [0.15, 0.2) is 0 Å². The molecule has 0 radical (unpaired) electrons. The number of ether oxygens (including phenoxy) is 2. The van der Waals surface area contributed by atoms with E-state index in [1.54, 1.807) is 12.4 Å². The van der Waals surface area contributed by atoms with Gasteiger partial charge < -0.3 is 19.7 Å². The highest BCUT2D eigenvalue weighted by molar-refractivity contribution is 5.95. The van der Waals surface area contributed by atoms with Crippen molar-refractivity contribution in [2.45, 2.75) is 44.4 Å². The smallest absolute Gasteiger partial charge is 0.253 e. The number of benzene rings is 2. The molecule has 0 saturated carbocycles. The minimum Gasteiger partial charge on any atom is -0.488 e. The maximum Gasteiger partial charge on any atom is 0.253 e. The van der Waals surface area contributed by atoms with Crippen LogP contribution in [0.4, 0.5) is 5.69 Å². The number of carbonyl (C=O) groups is 1. The Morgan fingerprint density at radius 3 is 2.65 bits per heavy atom. The van der Waals surface area contributed by atoms with Gasteiger partial charge in [-0.05, 0) is 67.3 Å². The highest BCUT2D eigenvalue weighted by Gasteiger charge is 2.44. The largest absolute Gasteiger partial charge is 0.488 e. The Morgan fingerprint density at radius 1 is 1.12 bits per heavy atom. The molecule has 5 rings (SSSR count). The van der Waals surface area contributed by atoms with Crippen LogP contribution in [0.5, 0.6) is 5.75 Å². The third-order valence-electron chi connectivity index (χ3n) is 6.90. The molecule has 1 N–H and O–H groups in total. The molecule has 2 aliphatic heterocycles. The number of nitrogens with zero attached hydrogens (tertiary/aromatic N) is 2. The predicted octanol–water partition coefficient (Wildman–Crippen LogP) is 4.84. The fourth-order valence-electron chi connectivity index (χ4n) is 4.86. The van der Waals surface area contributed by atoms with E-state index >= 15 is 0 Å². The number of pyridine rings is 1. The minimum atomic E-state index is -0.180. The monoisotopic (exact) mass is 457 g/mol.